The molecule has 0 atom stereocenters. The number of morpholine rings is 1. The summed E-state index contributed by atoms with van der Waals surface area (Å²) in [6, 6.07) is -0.0302. The van der Waals surface area contributed by atoms with E-state index in [2.05, 4.69) is 0 Å². The molecule has 76 valence electrons. The Morgan fingerprint density at radius 2 is 2.15 bits per heavy atom. The molecule has 5 heteroatoms. The molecule has 0 bridgehead atoms. The average molecular weight is 188 g/mol. The highest BCUT2D eigenvalue weighted by Gasteiger charge is 2.19. The molecule has 0 unspecified atom stereocenters. The van der Waals surface area contributed by atoms with Crippen molar-refractivity contribution in [3.63, 3.8) is 0 Å². The Labute approximate surface area is 77.9 Å². The SMILES string of the molecule is CN(CCO)C(=O)N1CCOCC1. The molecule has 1 N–H and O–H groups in total. The Hall–Kier alpha value is -0.810. The number of aliphatic hydroxyl groups is 1. The molecule has 1 aliphatic heterocycles. The van der Waals surface area contributed by atoms with Crippen LogP contribution < -0.4 is 0 Å². The maximum Gasteiger partial charge on any atom is 0.319 e. The summed E-state index contributed by atoms with van der Waals surface area (Å²) in [4.78, 5) is 14.8. The third-order valence-corrected chi connectivity index (χ3v) is 2.04. The predicted octanol–water partition coefficient (Wildman–Crippen LogP) is -0.637. The summed E-state index contributed by atoms with van der Waals surface area (Å²) < 4.78 is 5.13. The van der Waals surface area contributed by atoms with Gasteiger partial charge in [-0.25, -0.2) is 4.79 Å². The van der Waals surface area contributed by atoms with Crippen molar-refractivity contribution in [1.82, 2.24) is 9.80 Å². The molecule has 13 heavy (non-hydrogen) atoms. The number of carbonyl (C=O) groups excluding carboxylic acids is 1. The van der Waals surface area contributed by atoms with E-state index in [4.69, 9.17) is 9.84 Å². The van der Waals surface area contributed by atoms with Crippen LogP contribution in [0.3, 0.4) is 0 Å². The molecule has 0 aliphatic carbocycles. The molecule has 0 radical (unpaired) electrons. The quantitative estimate of drug-likeness (QED) is 0.627. The van der Waals surface area contributed by atoms with Crippen molar-refractivity contribution in [2.45, 2.75) is 0 Å². The Balaban J connectivity index is 2.36. The van der Waals surface area contributed by atoms with Gasteiger partial charge in [0, 0.05) is 26.7 Å². The lowest BCUT2D eigenvalue weighted by Crippen LogP contribution is -2.47. The van der Waals surface area contributed by atoms with Crippen LogP contribution in [0.5, 0.6) is 0 Å². The fraction of sp³-hybridized carbons (Fsp3) is 0.875. The third kappa shape index (κ3) is 2.86. The molecule has 1 rings (SSSR count). The minimum atomic E-state index is -0.0302. The van der Waals surface area contributed by atoms with Gasteiger partial charge in [-0.05, 0) is 0 Å². The number of likely N-dealkylation sites (N-methyl/N-ethyl adjacent to an activating group) is 1. The van der Waals surface area contributed by atoms with Crippen LogP contribution in [0.25, 0.3) is 0 Å². The van der Waals surface area contributed by atoms with Crippen molar-refractivity contribution in [3.8, 4) is 0 Å². The molecule has 0 spiro atoms. The van der Waals surface area contributed by atoms with Crippen LogP contribution in [-0.4, -0.2) is 67.4 Å². The van der Waals surface area contributed by atoms with Gasteiger partial charge in [-0.15, -0.1) is 0 Å². The van der Waals surface area contributed by atoms with Gasteiger partial charge >= 0.3 is 6.03 Å². The van der Waals surface area contributed by atoms with E-state index in [1.165, 1.54) is 4.90 Å². The van der Waals surface area contributed by atoms with Gasteiger partial charge in [0.2, 0.25) is 0 Å². The molecule has 2 amide bonds. The van der Waals surface area contributed by atoms with Crippen molar-refractivity contribution in [2.75, 3.05) is 46.5 Å². The topological polar surface area (TPSA) is 53.0 Å². The van der Waals surface area contributed by atoms with E-state index in [0.717, 1.165) is 0 Å². The first-order valence-corrected chi connectivity index (χ1v) is 4.44. The Morgan fingerprint density at radius 3 is 2.69 bits per heavy atom. The van der Waals surface area contributed by atoms with Crippen molar-refractivity contribution in [2.24, 2.45) is 0 Å². The van der Waals surface area contributed by atoms with Gasteiger partial charge in [0.1, 0.15) is 0 Å². The van der Waals surface area contributed by atoms with E-state index < -0.39 is 0 Å². The van der Waals surface area contributed by atoms with Gasteiger partial charge < -0.3 is 19.6 Å². The standard InChI is InChI=1S/C8H16N2O3/c1-9(2-5-11)8(12)10-3-6-13-7-4-10/h11H,2-7H2,1H3. The zero-order valence-corrected chi connectivity index (χ0v) is 7.90. The summed E-state index contributed by atoms with van der Waals surface area (Å²) in [5, 5.41) is 8.65. The Morgan fingerprint density at radius 1 is 1.54 bits per heavy atom. The summed E-state index contributed by atoms with van der Waals surface area (Å²) in [6.45, 7) is 2.91. The zero-order valence-electron chi connectivity index (χ0n) is 7.90. The minimum Gasteiger partial charge on any atom is -0.395 e. The van der Waals surface area contributed by atoms with Crippen LogP contribution in [-0.2, 0) is 4.74 Å². The van der Waals surface area contributed by atoms with Crippen molar-refractivity contribution in [1.29, 1.82) is 0 Å². The summed E-state index contributed by atoms with van der Waals surface area (Å²) in [5.41, 5.74) is 0. The fourth-order valence-electron chi connectivity index (χ4n) is 1.24. The second-order valence-corrected chi connectivity index (χ2v) is 3.03. The minimum absolute atomic E-state index is 0.00653. The van der Waals surface area contributed by atoms with Gasteiger partial charge in [-0.1, -0.05) is 0 Å². The fourth-order valence-corrected chi connectivity index (χ4v) is 1.24. The Bertz CT molecular complexity index is 169. The van der Waals surface area contributed by atoms with E-state index in [1.807, 2.05) is 0 Å². The smallest absolute Gasteiger partial charge is 0.319 e. The van der Waals surface area contributed by atoms with Gasteiger partial charge in [-0.2, -0.15) is 0 Å². The molecule has 0 saturated carbocycles. The molecule has 1 aliphatic rings. The molecule has 5 nitrogen and oxygen atoms in total. The molecule has 1 heterocycles. The normalized spacial score (nSPS) is 17.2. The first kappa shape index (κ1) is 10.3. The first-order valence-electron chi connectivity index (χ1n) is 4.44. The van der Waals surface area contributed by atoms with Crippen molar-refractivity contribution in [3.05, 3.63) is 0 Å². The molecule has 0 aromatic rings. The highest BCUT2D eigenvalue weighted by Crippen LogP contribution is 2.00. The molecule has 0 aromatic heterocycles. The largest absolute Gasteiger partial charge is 0.395 e. The van der Waals surface area contributed by atoms with Crippen LogP contribution in [0.15, 0.2) is 0 Å². The predicted molar refractivity (Wildman–Crippen MR) is 47.5 cm³/mol. The molecule has 0 aromatic carbocycles. The Kier molecular flexibility index (Phi) is 3.98. The second kappa shape index (κ2) is 5.04. The highest BCUT2D eigenvalue weighted by molar-refractivity contribution is 5.74. The number of aliphatic hydroxyl groups excluding tert-OH is 1. The summed E-state index contributed by atoms with van der Waals surface area (Å²) in [5.74, 6) is 0. The number of nitrogens with zero attached hydrogens (tertiary/aromatic N) is 2. The number of hydrogen-bond donors (Lipinski definition) is 1. The maximum absolute atomic E-state index is 11.6. The monoisotopic (exact) mass is 188 g/mol. The number of urea groups is 1. The van der Waals surface area contributed by atoms with Gasteiger partial charge in [0.25, 0.3) is 0 Å². The van der Waals surface area contributed by atoms with E-state index >= 15 is 0 Å². The number of amides is 2. The van der Waals surface area contributed by atoms with Gasteiger partial charge in [-0.3, -0.25) is 0 Å². The molecular formula is C8H16N2O3. The molecule has 1 saturated heterocycles. The summed E-state index contributed by atoms with van der Waals surface area (Å²) in [7, 11) is 1.69. The lowest BCUT2D eigenvalue weighted by atomic mass is 10.4. The van der Waals surface area contributed by atoms with Crippen LogP contribution in [0.1, 0.15) is 0 Å². The average Bonchev–Trinajstić information content (AvgIpc) is 2.18. The van der Waals surface area contributed by atoms with Gasteiger partial charge in [0.05, 0.1) is 19.8 Å². The van der Waals surface area contributed by atoms with Crippen LogP contribution >= 0.6 is 0 Å². The summed E-state index contributed by atoms with van der Waals surface area (Å²) in [6.07, 6.45) is 0. The zero-order chi connectivity index (χ0) is 9.68. The highest BCUT2D eigenvalue weighted by atomic mass is 16.5. The third-order valence-electron chi connectivity index (χ3n) is 2.04. The van der Waals surface area contributed by atoms with Crippen LogP contribution in [0.4, 0.5) is 4.79 Å². The number of hydrogen-bond acceptors (Lipinski definition) is 3. The van der Waals surface area contributed by atoms with E-state index in [9.17, 15) is 4.79 Å². The second-order valence-electron chi connectivity index (χ2n) is 3.03. The van der Waals surface area contributed by atoms with Crippen molar-refractivity contribution < 1.29 is 14.6 Å². The lowest BCUT2D eigenvalue weighted by Gasteiger charge is -2.30. The van der Waals surface area contributed by atoms with E-state index in [0.29, 0.717) is 32.8 Å². The lowest BCUT2D eigenvalue weighted by molar-refractivity contribution is 0.0442. The maximum atomic E-state index is 11.6. The first-order chi connectivity index (χ1) is 6.25. The molecular weight excluding hydrogens is 172 g/mol. The number of ether oxygens (including phenoxy) is 1. The number of rotatable bonds is 2. The van der Waals surface area contributed by atoms with Gasteiger partial charge in [0.15, 0.2) is 0 Å². The van der Waals surface area contributed by atoms with E-state index in [-0.39, 0.29) is 12.6 Å². The molecule has 1 fully saturated rings. The number of carbonyl (C=O) groups is 1. The van der Waals surface area contributed by atoms with Crippen molar-refractivity contribution >= 4 is 6.03 Å². The van der Waals surface area contributed by atoms with E-state index in [1.54, 1.807) is 11.9 Å². The van der Waals surface area contributed by atoms with Crippen LogP contribution in [0.2, 0.25) is 0 Å². The van der Waals surface area contributed by atoms with Crippen LogP contribution in [0, 0.1) is 0 Å². The summed E-state index contributed by atoms with van der Waals surface area (Å²) >= 11 is 0.